The van der Waals surface area contributed by atoms with Crippen LogP contribution < -0.4 is 0 Å². The zero-order valence-corrected chi connectivity index (χ0v) is 11.1. The number of pyridine rings is 1. The Morgan fingerprint density at radius 1 is 1.24 bits per heavy atom. The van der Waals surface area contributed by atoms with Crippen molar-refractivity contribution in [1.82, 2.24) is 9.38 Å². The van der Waals surface area contributed by atoms with Gasteiger partial charge in [0.25, 0.3) is 0 Å². The molecule has 0 saturated carbocycles. The van der Waals surface area contributed by atoms with E-state index in [1.165, 1.54) is 35.5 Å². The summed E-state index contributed by atoms with van der Waals surface area (Å²) in [5, 5.41) is 0. The minimum atomic E-state index is 0.605. The molecule has 2 aromatic heterocycles. The van der Waals surface area contributed by atoms with E-state index in [4.69, 9.17) is 4.98 Å². The summed E-state index contributed by atoms with van der Waals surface area (Å²) in [5.74, 6) is 1.38. The van der Waals surface area contributed by atoms with Crippen LogP contribution in [0.25, 0.3) is 5.65 Å². The molecule has 2 nitrogen and oxygen atoms in total. The lowest BCUT2D eigenvalue weighted by Crippen LogP contribution is -2.16. The molecule has 1 aliphatic rings. The predicted molar refractivity (Wildman–Crippen MR) is 70.6 cm³/mol. The fraction of sp³-hybridized carbons (Fsp3) is 0.533. The Bertz CT molecular complexity index is 580. The number of rotatable bonds is 0. The van der Waals surface area contributed by atoms with E-state index in [-0.39, 0.29) is 0 Å². The molecule has 0 N–H and O–H groups in total. The van der Waals surface area contributed by atoms with Crippen molar-refractivity contribution < 1.29 is 0 Å². The molecule has 0 amide bonds. The van der Waals surface area contributed by atoms with E-state index in [2.05, 4.69) is 44.2 Å². The van der Waals surface area contributed by atoms with Crippen LogP contribution in [0.1, 0.15) is 48.8 Å². The molecule has 2 heterocycles. The summed E-state index contributed by atoms with van der Waals surface area (Å²) < 4.78 is 2.36. The third-order valence-electron chi connectivity index (χ3n) is 3.94. The van der Waals surface area contributed by atoms with Crippen LogP contribution in [0.3, 0.4) is 0 Å². The summed E-state index contributed by atoms with van der Waals surface area (Å²) in [6, 6.07) is 4.45. The first-order valence-electron chi connectivity index (χ1n) is 6.54. The monoisotopic (exact) mass is 228 g/mol. The lowest BCUT2D eigenvalue weighted by atomic mass is 9.84. The fourth-order valence-corrected chi connectivity index (χ4v) is 3.34. The molecular formula is C15H20N2. The first-order chi connectivity index (χ1) is 8.06. The van der Waals surface area contributed by atoms with E-state index in [0.717, 1.165) is 11.6 Å². The second kappa shape index (κ2) is 3.59. The van der Waals surface area contributed by atoms with Crippen molar-refractivity contribution in [2.45, 2.75) is 46.5 Å². The lowest BCUT2D eigenvalue weighted by Gasteiger charge is -2.23. The highest BCUT2D eigenvalue weighted by Gasteiger charge is 2.26. The Morgan fingerprint density at radius 3 is 2.76 bits per heavy atom. The third-order valence-corrected chi connectivity index (χ3v) is 3.94. The SMILES string of the molecule is Cc1cc(C)n2c3c(nc2c1)C(C)CC(C)C3. The topological polar surface area (TPSA) is 17.3 Å². The quantitative estimate of drug-likeness (QED) is 0.673. The van der Waals surface area contributed by atoms with E-state index in [0.29, 0.717) is 5.92 Å². The number of aryl methyl sites for hydroxylation is 2. The van der Waals surface area contributed by atoms with Crippen molar-refractivity contribution in [3.05, 3.63) is 34.8 Å². The maximum atomic E-state index is 4.85. The lowest BCUT2D eigenvalue weighted by molar-refractivity contribution is 0.437. The molecule has 2 unspecified atom stereocenters. The average Bonchev–Trinajstić information content (AvgIpc) is 2.56. The molecule has 0 radical (unpaired) electrons. The van der Waals surface area contributed by atoms with Gasteiger partial charge in [-0.15, -0.1) is 0 Å². The van der Waals surface area contributed by atoms with Gasteiger partial charge in [0.1, 0.15) is 5.65 Å². The first kappa shape index (κ1) is 10.8. The zero-order chi connectivity index (χ0) is 12.2. The number of aromatic nitrogens is 2. The number of nitrogens with zero attached hydrogens (tertiary/aromatic N) is 2. The van der Waals surface area contributed by atoms with Crippen LogP contribution in [0.15, 0.2) is 12.1 Å². The number of hydrogen-bond donors (Lipinski definition) is 0. The third kappa shape index (κ3) is 1.58. The Labute approximate surface area is 103 Å². The minimum Gasteiger partial charge on any atom is -0.301 e. The molecule has 0 fully saturated rings. The van der Waals surface area contributed by atoms with Crippen LogP contribution >= 0.6 is 0 Å². The second-order valence-corrected chi connectivity index (χ2v) is 5.76. The van der Waals surface area contributed by atoms with Gasteiger partial charge in [0.05, 0.1) is 5.69 Å². The molecular weight excluding hydrogens is 208 g/mol. The van der Waals surface area contributed by atoms with E-state index < -0.39 is 0 Å². The van der Waals surface area contributed by atoms with Crippen molar-refractivity contribution in [3.8, 4) is 0 Å². The Morgan fingerprint density at radius 2 is 2.00 bits per heavy atom. The number of fused-ring (bicyclic) bond motifs is 3. The Kier molecular flexibility index (Phi) is 2.29. The van der Waals surface area contributed by atoms with Gasteiger partial charge in [0.2, 0.25) is 0 Å². The summed E-state index contributed by atoms with van der Waals surface area (Å²) in [7, 11) is 0. The Hall–Kier alpha value is -1.31. The smallest absolute Gasteiger partial charge is 0.137 e. The van der Waals surface area contributed by atoms with Gasteiger partial charge >= 0.3 is 0 Å². The summed E-state index contributed by atoms with van der Waals surface area (Å²) in [5.41, 5.74) is 6.53. The summed E-state index contributed by atoms with van der Waals surface area (Å²) >= 11 is 0. The first-order valence-corrected chi connectivity index (χ1v) is 6.54. The van der Waals surface area contributed by atoms with Crippen LogP contribution in [0.2, 0.25) is 0 Å². The highest BCUT2D eigenvalue weighted by atomic mass is 15.0. The summed E-state index contributed by atoms with van der Waals surface area (Å²) in [6.45, 7) is 8.99. The van der Waals surface area contributed by atoms with Gasteiger partial charge in [-0.3, -0.25) is 0 Å². The fourth-order valence-electron chi connectivity index (χ4n) is 3.34. The largest absolute Gasteiger partial charge is 0.301 e. The Balaban J connectivity index is 2.32. The highest BCUT2D eigenvalue weighted by molar-refractivity contribution is 5.49. The van der Waals surface area contributed by atoms with Crippen molar-refractivity contribution in [2.24, 2.45) is 5.92 Å². The van der Waals surface area contributed by atoms with Crippen LogP contribution in [0.4, 0.5) is 0 Å². The standard InChI is InChI=1S/C15H20N2/c1-9-5-11(3)15-13(7-9)17-12(4)6-10(2)8-14(17)16-15/h6,8-9,11H,5,7H2,1-4H3. The number of hydrogen-bond acceptors (Lipinski definition) is 1. The molecule has 1 aliphatic carbocycles. The molecule has 0 spiro atoms. The van der Waals surface area contributed by atoms with Gasteiger partial charge in [-0.1, -0.05) is 13.8 Å². The summed E-state index contributed by atoms with van der Waals surface area (Å²) in [4.78, 5) is 4.85. The molecule has 0 aromatic carbocycles. The maximum Gasteiger partial charge on any atom is 0.137 e. The second-order valence-electron chi connectivity index (χ2n) is 5.76. The van der Waals surface area contributed by atoms with Gasteiger partial charge in [-0.05, 0) is 50.3 Å². The van der Waals surface area contributed by atoms with Crippen molar-refractivity contribution in [1.29, 1.82) is 0 Å². The predicted octanol–water partition coefficient (Wildman–Crippen LogP) is 3.64. The van der Waals surface area contributed by atoms with Crippen LogP contribution in [0, 0.1) is 19.8 Å². The van der Waals surface area contributed by atoms with Crippen LogP contribution in [-0.4, -0.2) is 9.38 Å². The van der Waals surface area contributed by atoms with Gasteiger partial charge in [-0.25, -0.2) is 4.98 Å². The van der Waals surface area contributed by atoms with Crippen molar-refractivity contribution >= 4 is 5.65 Å². The normalized spacial score (nSPS) is 24.0. The summed E-state index contributed by atoms with van der Waals surface area (Å²) in [6.07, 6.45) is 2.44. The molecule has 2 aromatic rings. The molecule has 90 valence electrons. The molecule has 17 heavy (non-hydrogen) atoms. The van der Waals surface area contributed by atoms with Gasteiger partial charge in [0.15, 0.2) is 0 Å². The average molecular weight is 228 g/mol. The van der Waals surface area contributed by atoms with E-state index in [9.17, 15) is 0 Å². The molecule has 3 rings (SSSR count). The molecule has 0 aliphatic heterocycles. The molecule has 2 atom stereocenters. The van der Waals surface area contributed by atoms with Gasteiger partial charge in [0, 0.05) is 17.3 Å². The highest BCUT2D eigenvalue weighted by Crippen LogP contribution is 2.35. The van der Waals surface area contributed by atoms with E-state index in [1.807, 2.05) is 0 Å². The van der Waals surface area contributed by atoms with Gasteiger partial charge in [-0.2, -0.15) is 0 Å². The minimum absolute atomic E-state index is 0.605. The van der Waals surface area contributed by atoms with E-state index in [1.54, 1.807) is 0 Å². The van der Waals surface area contributed by atoms with E-state index >= 15 is 0 Å². The molecule has 2 heteroatoms. The zero-order valence-electron chi connectivity index (χ0n) is 11.1. The van der Waals surface area contributed by atoms with Crippen molar-refractivity contribution in [3.63, 3.8) is 0 Å². The number of imidazole rings is 1. The maximum absolute atomic E-state index is 4.85. The van der Waals surface area contributed by atoms with Crippen LogP contribution in [0.5, 0.6) is 0 Å². The van der Waals surface area contributed by atoms with Crippen LogP contribution in [-0.2, 0) is 6.42 Å². The van der Waals surface area contributed by atoms with Gasteiger partial charge < -0.3 is 4.40 Å². The molecule has 0 saturated heterocycles. The van der Waals surface area contributed by atoms with Crippen molar-refractivity contribution in [2.75, 3.05) is 0 Å². The molecule has 0 bridgehead atoms.